The highest BCUT2D eigenvalue weighted by Crippen LogP contribution is 2.16. The summed E-state index contributed by atoms with van der Waals surface area (Å²) in [5.41, 5.74) is -0.898. The van der Waals surface area contributed by atoms with Crippen LogP contribution in [-0.4, -0.2) is 34.7 Å². The van der Waals surface area contributed by atoms with Gasteiger partial charge in [-0.1, -0.05) is 19.9 Å². The zero-order valence-electron chi connectivity index (χ0n) is 12.6. The Balaban J connectivity index is 3.17. The zero-order chi connectivity index (χ0) is 17.6. The number of carboxylic acids is 2. The number of carbonyl (C=O) groups excluding carboxylic acids is 1. The largest absolute Gasteiger partial charge is 0.478 e. The second-order valence-electron chi connectivity index (χ2n) is 5.08. The summed E-state index contributed by atoms with van der Waals surface area (Å²) < 4.78 is 4.93. The third-order valence-corrected chi connectivity index (χ3v) is 2.70. The number of carboxylic acid groups (broad SMARTS) is 2. The number of rotatable bonds is 6. The van der Waals surface area contributed by atoms with E-state index in [0.29, 0.717) is 0 Å². The zero-order valence-corrected chi connectivity index (χ0v) is 12.6. The summed E-state index contributed by atoms with van der Waals surface area (Å²) in [5, 5.41) is 27.0. The Kier molecular flexibility index (Phi) is 6.04. The van der Waals surface area contributed by atoms with Gasteiger partial charge in [0, 0.05) is 0 Å². The van der Waals surface area contributed by atoms with Gasteiger partial charge in [-0.2, -0.15) is 5.26 Å². The Morgan fingerprint density at radius 2 is 1.83 bits per heavy atom. The van der Waals surface area contributed by atoms with Crippen molar-refractivity contribution in [3.63, 3.8) is 0 Å². The maximum absolute atomic E-state index is 11.8. The molecule has 0 unspecified atom stereocenters. The minimum Gasteiger partial charge on any atom is -0.478 e. The first-order chi connectivity index (χ1) is 10.8. The summed E-state index contributed by atoms with van der Waals surface area (Å²) in [6.07, 6.45) is 1.15. The van der Waals surface area contributed by atoms with Gasteiger partial charge in [0.15, 0.2) is 0 Å². The van der Waals surface area contributed by atoms with E-state index in [1.54, 1.807) is 6.07 Å². The summed E-state index contributed by atoms with van der Waals surface area (Å²) >= 11 is 0. The van der Waals surface area contributed by atoms with Crippen molar-refractivity contribution in [2.24, 2.45) is 5.92 Å². The summed E-state index contributed by atoms with van der Waals surface area (Å²) in [7, 11) is 0. The van der Waals surface area contributed by atoms with Gasteiger partial charge in [-0.15, -0.1) is 0 Å². The molecule has 120 valence electrons. The van der Waals surface area contributed by atoms with Crippen LogP contribution in [0.4, 0.5) is 0 Å². The van der Waals surface area contributed by atoms with Gasteiger partial charge in [0.05, 0.1) is 17.7 Å². The number of aromatic carboxylic acids is 2. The number of nitriles is 1. The van der Waals surface area contributed by atoms with Crippen LogP contribution in [0.3, 0.4) is 0 Å². The fourth-order valence-electron chi connectivity index (χ4n) is 1.64. The number of nitrogens with zero attached hydrogens (tertiary/aromatic N) is 1. The highest BCUT2D eigenvalue weighted by molar-refractivity contribution is 6.03. The van der Waals surface area contributed by atoms with Crippen molar-refractivity contribution < 1.29 is 29.3 Å². The van der Waals surface area contributed by atoms with Crippen molar-refractivity contribution in [2.75, 3.05) is 6.61 Å². The SMILES string of the molecule is CC(C)COC(=O)C(C#N)=Cc1ccc(C(=O)O)c(C(=O)O)c1. The van der Waals surface area contributed by atoms with Crippen LogP contribution in [0.5, 0.6) is 0 Å². The fourth-order valence-corrected chi connectivity index (χ4v) is 1.64. The maximum Gasteiger partial charge on any atom is 0.348 e. The lowest BCUT2D eigenvalue weighted by molar-refractivity contribution is -0.139. The molecule has 2 N–H and O–H groups in total. The van der Waals surface area contributed by atoms with Gasteiger partial charge >= 0.3 is 17.9 Å². The van der Waals surface area contributed by atoms with Crippen LogP contribution in [0.2, 0.25) is 0 Å². The van der Waals surface area contributed by atoms with E-state index in [4.69, 9.17) is 20.2 Å². The van der Waals surface area contributed by atoms with Crippen LogP contribution in [0.1, 0.15) is 40.1 Å². The smallest absolute Gasteiger partial charge is 0.348 e. The number of hydrogen-bond acceptors (Lipinski definition) is 5. The lowest BCUT2D eigenvalue weighted by atomic mass is 10.0. The fraction of sp³-hybridized carbons (Fsp3) is 0.250. The van der Waals surface area contributed by atoms with Gasteiger partial charge in [-0.3, -0.25) is 0 Å². The van der Waals surface area contributed by atoms with Crippen LogP contribution in [0.15, 0.2) is 23.8 Å². The molecular weight excluding hydrogens is 302 g/mol. The summed E-state index contributed by atoms with van der Waals surface area (Å²) in [5.74, 6) is -3.51. The second kappa shape index (κ2) is 7.75. The Morgan fingerprint density at radius 1 is 1.22 bits per heavy atom. The monoisotopic (exact) mass is 317 g/mol. The summed E-state index contributed by atoms with van der Waals surface area (Å²) in [4.78, 5) is 33.8. The highest BCUT2D eigenvalue weighted by Gasteiger charge is 2.17. The molecule has 1 rings (SSSR count). The normalized spacial score (nSPS) is 11.0. The Hall–Kier alpha value is -3.14. The Bertz CT molecular complexity index is 712. The molecule has 0 aliphatic carbocycles. The van der Waals surface area contributed by atoms with Crippen molar-refractivity contribution in [2.45, 2.75) is 13.8 Å². The quantitative estimate of drug-likeness (QED) is 0.468. The van der Waals surface area contributed by atoms with Gasteiger partial charge in [-0.05, 0) is 29.7 Å². The highest BCUT2D eigenvalue weighted by atomic mass is 16.5. The lowest BCUT2D eigenvalue weighted by Crippen LogP contribution is -2.11. The molecule has 0 saturated carbocycles. The first-order valence-electron chi connectivity index (χ1n) is 6.65. The minimum atomic E-state index is -1.42. The number of carbonyl (C=O) groups is 3. The van der Waals surface area contributed by atoms with Crippen molar-refractivity contribution in [1.82, 2.24) is 0 Å². The van der Waals surface area contributed by atoms with E-state index in [1.807, 2.05) is 13.8 Å². The average molecular weight is 317 g/mol. The predicted molar refractivity (Wildman–Crippen MR) is 79.7 cm³/mol. The van der Waals surface area contributed by atoms with E-state index in [9.17, 15) is 14.4 Å². The van der Waals surface area contributed by atoms with Crippen LogP contribution in [-0.2, 0) is 9.53 Å². The Labute approximate surface area is 132 Å². The third kappa shape index (κ3) is 4.97. The third-order valence-electron chi connectivity index (χ3n) is 2.70. The predicted octanol–water partition coefficient (Wildman–Crippen LogP) is 2.19. The Morgan fingerprint density at radius 3 is 2.30 bits per heavy atom. The summed E-state index contributed by atoms with van der Waals surface area (Å²) in [6, 6.07) is 5.18. The van der Waals surface area contributed by atoms with Gasteiger partial charge in [0.2, 0.25) is 0 Å². The van der Waals surface area contributed by atoms with E-state index in [-0.39, 0.29) is 29.2 Å². The van der Waals surface area contributed by atoms with Gasteiger partial charge in [0.25, 0.3) is 0 Å². The van der Waals surface area contributed by atoms with Crippen molar-refractivity contribution >= 4 is 24.0 Å². The molecule has 1 aromatic carbocycles. The second-order valence-corrected chi connectivity index (χ2v) is 5.08. The summed E-state index contributed by atoms with van der Waals surface area (Å²) in [6.45, 7) is 3.83. The van der Waals surface area contributed by atoms with Gasteiger partial charge in [-0.25, -0.2) is 14.4 Å². The van der Waals surface area contributed by atoms with Crippen molar-refractivity contribution in [3.05, 3.63) is 40.5 Å². The first-order valence-corrected chi connectivity index (χ1v) is 6.65. The number of benzene rings is 1. The molecule has 0 fully saturated rings. The van der Waals surface area contributed by atoms with Crippen LogP contribution in [0.25, 0.3) is 6.08 Å². The molecule has 23 heavy (non-hydrogen) atoms. The molecule has 0 spiro atoms. The molecule has 0 aliphatic rings. The minimum absolute atomic E-state index is 0.104. The van der Waals surface area contributed by atoms with E-state index < -0.39 is 23.5 Å². The standard InChI is InChI=1S/C16H15NO6/c1-9(2)8-23-16(22)11(7-17)5-10-3-4-12(14(18)19)13(6-10)15(20)21/h3-6,9H,8H2,1-2H3,(H,18,19)(H,20,21). The molecule has 0 atom stereocenters. The molecular formula is C16H15NO6. The maximum atomic E-state index is 11.8. The van der Waals surface area contributed by atoms with Gasteiger partial charge < -0.3 is 14.9 Å². The van der Waals surface area contributed by atoms with E-state index in [2.05, 4.69) is 0 Å². The molecule has 7 heteroatoms. The molecule has 0 amide bonds. The molecule has 0 aliphatic heterocycles. The average Bonchev–Trinajstić information content (AvgIpc) is 2.49. The number of hydrogen-bond donors (Lipinski definition) is 2. The van der Waals surface area contributed by atoms with Crippen molar-refractivity contribution in [3.8, 4) is 6.07 Å². The molecule has 7 nitrogen and oxygen atoms in total. The molecule has 0 radical (unpaired) electrons. The van der Waals surface area contributed by atoms with Crippen LogP contribution < -0.4 is 0 Å². The van der Waals surface area contributed by atoms with Gasteiger partial charge in [0.1, 0.15) is 11.6 Å². The van der Waals surface area contributed by atoms with Crippen LogP contribution in [0, 0.1) is 17.2 Å². The molecule has 0 heterocycles. The molecule has 0 aromatic heterocycles. The van der Waals surface area contributed by atoms with E-state index in [1.165, 1.54) is 6.07 Å². The van der Waals surface area contributed by atoms with Crippen molar-refractivity contribution in [1.29, 1.82) is 5.26 Å². The number of esters is 1. The first kappa shape index (κ1) is 17.9. The lowest BCUT2D eigenvalue weighted by Gasteiger charge is -2.06. The topological polar surface area (TPSA) is 125 Å². The molecule has 0 bridgehead atoms. The van der Waals surface area contributed by atoms with E-state index in [0.717, 1.165) is 18.2 Å². The van der Waals surface area contributed by atoms with Crippen LogP contribution >= 0.6 is 0 Å². The molecule has 0 saturated heterocycles. The van der Waals surface area contributed by atoms with E-state index >= 15 is 0 Å². The molecule has 1 aromatic rings. The number of ether oxygens (including phenoxy) is 1.